The number of thioether (sulfide) groups is 1. The van der Waals surface area contributed by atoms with Crippen LogP contribution in [0.5, 0.6) is 0 Å². The third-order valence-electron chi connectivity index (χ3n) is 3.16. The van der Waals surface area contributed by atoms with Gasteiger partial charge in [0, 0.05) is 10.4 Å². The highest BCUT2D eigenvalue weighted by molar-refractivity contribution is 8.00. The molecule has 3 aromatic rings. The molecule has 0 bridgehead atoms. The van der Waals surface area contributed by atoms with E-state index in [4.69, 9.17) is 0 Å². The molecule has 0 aliphatic heterocycles. The van der Waals surface area contributed by atoms with Crippen LogP contribution in [0.15, 0.2) is 46.9 Å². The van der Waals surface area contributed by atoms with Crippen LogP contribution in [0.1, 0.15) is 22.2 Å². The molecule has 0 spiro atoms. The maximum Gasteiger partial charge on any atom is 0.210 e. The molecule has 5 nitrogen and oxygen atoms in total. The molecule has 0 fully saturated rings. The standard InChI is InChI=1S/C15H13FN4OS2/c1-10(14(21)11-4-6-12(16)7-5-11)23-15-17-18-19-20(15)9-13-3-2-8-22-13/h2-8,10H,9H2,1H3. The fourth-order valence-electron chi connectivity index (χ4n) is 1.99. The van der Waals surface area contributed by atoms with E-state index in [0.717, 1.165) is 4.88 Å². The molecule has 118 valence electrons. The fourth-order valence-corrected chi connectivity index (χ4v) is 3.54. The second-order valence-corrected chi connectivity index (χ2v) is 7.17. The number of halogens is 1. The Labute approximate surface area is 140 Å². The Morgan fingerprint density at radius 2 is 2.13 bits per heavy atom. The number of ketones is 1. The number of hydrogen-bond acceptors (Lipinski definition) is 6. The number of tetrazole rings is 1. The first-order chi connectivity index (χ1) is 11.1. The third-order valence-corrected chi connectivity index (χ3v) is 5.10. The first-order valence-electron chi connectivity index (χ1n) is 6.88. The zero-order valence-corrected chi connectivity index (χ0v) is 13.9. The van der Waals surface area contributed by atoms with Gasteiger partial charge in [-0.1, -0.05) is 17.8 Å². The minimum Gasteiger partial charge on any atom is -0.293 e. The number of Topliss-reactive ketones (excluding diaryl/α,β-unsaturated/α-hetero) is 1. The Morgan fingerprint density at radius 3 is 2.83 bits per heavy atom. The third kappa shape index (κ3) is 3.83. The van der Waals surface area contributed by atoms with Crippen LogP contribution in [0.2, 0.25) is 0 Å². The summed E-state index contributed by atoms with van der Waals surface area (Å²) < 4.78 is 14.6. The van der Waals surface area contributed by atoms with Crippen molar-refractivity contribution in [1.82, 2.24) is 20.2 Å². The number of nitrogens with zero attached hydrogens (tertiary/aromatic N) is 4. The number of rotatable bonds is 6. The summed E-state index contributed by atoms with van der Waals surface area (Å²) in [6.07, 6.45) is 0. The molecule has 1 unspecified atom stereocenters. The predicted octanol–water partition coefficient (Wildman–Crippen LogP) is 3.29. The molecule has 2 aromatic heterocycles. The van der Waals surface area contributed by atoms with E-state index in [9.17, 15) is 9.18 Å². The molecule has 0 aliphatic carbocycles. The van der Waals surface area contributed by atoms with Crippen molar-refractivity contribution in [2.75, 3.05) is 0 Å². The lowest BCUT2D eigenvalue weighted by molar-refractivity contribution is 0.0994. The number of aromatic nitrogens is 4. The molecule has 23 heavy (non-hydrogen) atoms. The van der Waals surface area contributed by atoms with Crippen molar-refractivity contribution in [3.8, 4) is 0 Å². The summed E-state index contributed by atoms with van der Waals surface area (Å²) in [4.78, 5) is 13.5. The summed E-state index contributed by atoms with van der Waals surface area (Å²) in [6.45, 7) is 2.37. The number of hydrogen-bond donors (Lipinski definition) is 0. The van der Waals surface area contributed by atoms with Gasteiger partial charge >= 0.3 is 0 Å². The first-order valence-corrected chi connectivity index (χ1v) is 8.64. The predicted molar refractivity (Wildman–Crippen MR) is 87.3 cm³/mol. The van der Waals surface area contributed by atoms with Crippen molar-refractivity contribution >= 4 is 28.9 Å². The van der Waals surface area contributed by atoms with Crippen LogP contribution < -0.4 is 0 Å². The molecule has 0 N–H and O–H groups in total. The summed E-state index contributed by atoms with van der Waals surface area (Å²) in [7, 11) is 0. The van der Waals surface area contributed by atoms with Crippen LogP contribution in [0.25, 0.3) is 0 Å². The van der Waals surface area contributed by atoms with Gasteiger partial charge in [0.25, 0.3) is 0 Å². The van der Waals surface area contributed by atoms with Crippen molar-refractivity contribution in [2.45, 2.75) is 23.9 Å². The average Bonchev–Trinajstić information content (AvgIpc) is 3.20. The molecule has 0 amide bonds. The summed E-state index contributed by atoms with van der Waals surface area (Å²) in [5.41, 5.74) is 0.476. The van der Waals surface area contributed by atoms with Crippen LogP contribution in [-0.4, -0.2) is 31.2 Å². The Balaban J connectivity index is 1.70. The zero-order valence-electron chi connectivity index (χ0n) is 12.2. The SMILES string of the molecule is CC(Sc1nnnn1Cc1cccs1)C(=O)c1ccc(F)cc1. The number of thiophene rings is 1. The van der Waals surface area contributed by atoms with E-state index in [0.29, 0.717) is 17.3 Å². The van der Waals surface area contributed by atoms with E-state index in [1.54, 1.807) is 22.9 Å². The van der Waals surface area contributed by atoms with Crippen molar-refractivity contribution in [2.24, 2.45) is 0 Å². The molecule has 0 aliphatic rings. The molecular weight excluding hydrogens is 335 g/mol. The summed E-state index contributed by atoms with van der Waals surface area (Å²) in [5, 5.41) is 13.8. The highest BCUT2D eigenvalue weighted by Gasteiger charge is 2.20. The second kappa shape index (κ2) is 7.01. The van der Waals surface area contributed by atoms with Gasteiger partial charge in [-0.05, 0) is 53.1 Å². The highest BCUT2D eigenvalue weighted by Crippen LogP contribution is 2.24. The maximum atomic E-state index is 12.9. The van der Waals surface area contributed by atoms with E-state index in [1.165, 1.54) is 36.0 Å². The van der Waals surface area contributed by atoms with Gasteiger partial charge in [-0.3, -0.25) is 4.79 Å². The van der Waals surface area contributed by atoms with E-state index in [2.05, 4.69) is 15.5 Å². The van der Waals surface area contributed by atoms with Gasteiger partial charge in [-0.25, -0.2) is 9.07 Å². The Bertz CT molecular complexity index is 786. The molecule has 0 radical (unpaired) electrons. The van der Waals surface area contributed by atoms with Gasteiger partial charge < -0.3 is 0 Å². The molecule has 1 aromatic carbocycles. The van der Waals surface area contributed by atoms with E-state index >= 15 is 0 Å². The Kier molecular flexibility index (Phi) is 4.82. The monoisotopic (exact) mass is 348 g/mol. The first kappa shape index (κ1) is 15.8. The van der Waals surface area contributed by atoms with Crippen molar-refractivity contribution in [3.63, 3.8) is 0 Å². The van der Waals surface area contributed by atoms with Crippen molar-refractivity contribution < 1.29 is 9.18 Å². The van der Waals surface area contributed by atoms with Gasteiger partial charge in [-0.2, -0.15) is 0 Å². The smallest absolute Gasteiger partial charge is 0.210 e. The van der Waals surface area contributed by atoms with Gasteiger partial charge in [0.05, 0.1) is 11.8 Å². The van der Waals surface area contributed by atoms with Crippen molar-refractivity contribution in [1.29, 1.82) is 0 Å². The number of carbonyl (C=O) groups is 1. The van der Waals surface area contributed by atoms with Crippen LogP contribution >= 0.6 is 23.1 Å². The minimum atomic E-state index is -0.367. The van der Waals surface area contributed by atoms with Crippen LogP contribution in [0.3, 0.4) is 0 Å². The molecular formula is C15H13FN4OS2. The fraction of sp³-hybridized carbons (Fsp3) is 0.200. The average molecular weight is 348 g/mol. The van der Waals surface area contributed by atoms with E-state index < -0.39 is 0 Å². The van der Waals surface area contributed by atoms with E-state index in [-0.39, 0.29) is 16.9 Å². The van der Waals surface area contributed by atoms with Gasteiger partial charge in [0.2, 0.25) is 5.16 Å². The van der Waals surface area contributed by atoms with Crippen molar-refractivity contribution in [3.05, 3.63) is 58.0 Å². The van der Waals surface area contributed by atoms with Crippen LogP contribution in [0, 0.1) is 5.82 Å². The topological polar surface area (TPSA) is 60.7 Å². The molecule has 0 saturated carbocycles. The largest absolute Gasteiger partial charge is 0.293 e. The lowest BCUT2D eigenvalue weighted by Gasteiger charge is -2.09. The lowest BCUT2D eigenvalue weighted by atomic mass is 10.1. The summed E-state index contributed by atoms with van der Waals surface area (Å²) in [5.74, 6) is -0.442. The Morgan fingerprint density at radius 1 is 1.35 bits per heavy atom. The zero-order chi connectivity index (χ0) is 16.2. The lowest BCUT2D eigenvalue weighted by Crippen LogP contribution is -2.15. The normalized spacial score (nSPS) is 12.3. The summed E-state index contributed by atoms with van der Waals surface area (Å²) >= 11 is 2.92. The quantitative estimate of drug-likeness (QED) is 0.505. The number of carbonyl (C=O) groups excluding carboxylic acids is 1. The molecule has 0 saturated heterocycles. The highest BCUT2D eigenvalue weighted by atomic mass is 32.2. The van der Waals surface area contributed by atoms with Gasteiger partial charge in [0.15, 0.2) is 5.78 Å². The van der Waals surface area contributed by atoms with E-state index in [1.807, 2.05) is 17.5 Å². The van der Waals surface area contributed by atoms with Crippen LogP contribution in [-0.2, 0) is 6.54 Å². The van der Waals surface area contributed by atoms with Crippen LogP contribution in [0.4, 0.5) is 4.39 Å². The molecule has 8 heteroatoms. The second-order valence-electron chi connectivity index (χ2n) is 4.83. The van der Waals surface area contributed by atoms with Gasteiger partial charge in [0.1, 0.15) is 5.82 Å². The maximum absolute atomic E-state index is 12.9. The molecule has 1 atom stereocenters. The van der Waals surface area contributed by atoms with Gasteiger partial charge in [-0.15, -0.1) is 16.4 Å². The molecule has 2 heterocycles. The summed E-state index contributed by atoms with van der Waals surface area (Å²) in [6, 6.07) is 9.52. The minimum absolute atomic E-state index is 0.0827. The Hall–Kier alpha value is -2.06. The number of benzene rings is 1. The molecule has 3 rings (SSSR count).